The Kier molecular flexibility index (Phi) is 6.78. The highest BCUT2D eigenvalue weighted by molar-refractivity contribution is 6.07. The van der Waals surface area contributed by atoms with Gasteiger partial charge < -0.3 is 21.0 Å². The molecule has 0 atom stereocenters. The molecule has 0 spiro atoms. The average Bonchev–Trinajstić information content (AvgIpc) is 2.91. The smallest absolute Gasteiger partial charge is 0.234 e. The molecule has 0 aromatic rings. The third-order valence-corrected chi connectivity index (χ3v) is 3.86. The minimum absolute atomic E-state index is 0.0215. The number of carbonyl (C=O) groups is 1. The summed E-state index contributed by atoms with van der Waals surface area (Å²) in [6.07, 6.45) is 4.15. The van der Waals surface area contributed by atoms with Crippen LogP contribution in [0.15, 0.2) is 5.16 Å². The van der Waals surface area contributed by atoms with Crippen molar-refractivity contribution in [2.45, 2.75) is 46.0 Å². The van der Waals surface area contributed by atoms with Crippen LogP contribution in [0.2, 0.25) is 0 Å². The van der Waals surface area contributed by atoms with E-state index in [-0.39, 0.29) is 11.7 Å². The average molecular weight is 285 g/mol. The number of hydrogen-bond acceptors (Lipinski definition) is 4. The van der Waals surface area contributed by atoms with Crippen LogP contribution in [0.5, 0.6) is 0 Å². The second kappa shape index (κ2) is 8.09. The van der Waals surface area contributed by atoms with E-state index in [1.807, 2.05) is 0 Å². The van der Waals surface area contributed by atoms with Crippen molar-refractivity contribution in [3.8, 4) is 0 Å². The molecule has 0 heterocycles. The van der Waals surface area contributed by atoms with E-state index in [0.29, 0.717) is 38.5 Å². The summed E-state index contributed by atoms with van der Waals surface area (Å²) in [5.74, 6) is 0.484. The van der Waals surface area contributed by atoms with Crippen LogP contribution in [0, 0.1) is 11.3 Å². The number of nitrogens with one attached hydrogen (secondary N) is 1. The summed E-state index contributed by atoms with van der Waals surface area (Å²) in [6.45, 7) is 5.94. The van der Waals surface area contributed by atoms with Crippen molar-refractivity contribution in [3.05, 3.63) is 0 Å². The van der Waals surface area contributed by atoms with E-state index < -0.39 is 5.41 Å². The first-order chi connectivity index (χ1) is 9.53. The number of nitrogens with two attached hydrogens (primary N) is 1. The highest BCUT2D eigenvalue weighted by atomic mass is 16.5. The summed E-state index contributed by atoms with van der Waals surface area (Å²) >= 11 is 0. The molecule has 0 aromatic heterocycles. The predicted octanol–water partition coefficient (Wildman–Crippen LogP) is 1.47. The van der Waals surface area contributed by atoms with Crippen LogP contribution < -0.4 is 11.1 Å². The summed E-state index contributed by atoms with van der Waals surface area (Å²) in [5, 5.41) is 14.7. The fourth-order valence-electron chi connectivity index (χ4n) is 2.50. The molecule has 1 amide bonds. The van der Waals surface area contributed by atoms with Gasteiger partial charge in [0.25, 0.3) is 0 Å². The van der Waals surface area contributed by atoms with Crippen molar-refractivity contribution in [2.75, 3.05) is 19.8 Å². The van der Waals surface area contributed by atoms with Crippen LogP contribution in [0.25, 0.3) is 0 Å². The molecule has 0 aromatic carbocycles. The minimum Gasteiger partial charge on any atom is -0.409 e. The Morgan fingerprint density at radius 1 is 1.40 bits per heavy atom. The first kappa shape index (κ1) is 16.8. The Morgan fingerprint density at radius 2 is 2.05 bits per heavy atom. The highest BCUT2D eigenvalue weighted by Gasteiger charge is 2.45. The number of hydrogen-bond donors (Lipinski definition) is 3. The van der Waals surface area contributed by atoms with Crippen molar-refractivity contribution in [3.63, 3.8) is 0 Å². The first-order valence-corrected chi connectivity index (χ1v) is 7.37. The molecular formula is C14H27N3O3. The molecule has 1 saturated carbocycles. The molecule has 6 heteroatoms. The van der Waals surface area contributed by atoms with E-state index in [1.54, 1.807) is 0 Å². The van der Waals surface area contributed by atoms with Crippen molar-refractivity contribution in [1.29, 1.82) is 0 Å². The van der Waals surface area contributed by atoms with Gasteiger partial charge in [-0.25, -0.2) is 0 Å². The summed E-state index contributed by atoms with van der Waals surface area (Å²) < 4.78 is 5.45. The van der Waals surface area contributed by atoms with Gasteiger partial charge in [-0.3, -0.25) is 4.79 Å². The third-order valence-electron chi connectivity index (χ3n) is 3.86. The molecule has 0 radical (unpaired) electrons. The molecule has 1 aliphatic rings. The maximum Gasteiger partial charge on any atom is 0.234 e. The number of carbonyl (C=O) groups excluding carboxylic acids is 1. The number of amides is 1. The second-order valence-electron chi connectivity index (χ2n) is 5.83. The fraction of sp³-hybridized carbons (Fsp3) is 0.857. The van der Waals surface area contributed by atoms with Gasteiger partial charge in [-0.15, -0.1) is 0 Å². The van der Waals surface area contributed by atoms with E-state index in [4.69, 9.17) is 15.7 Å². The Morgan fingerprint density at radius 3 is 2.60 bits per heavy atom. The molecule has 1 aliphatic carbocycles. The molecule has 20 heavy (non-hydrogen) atoms. The Hall–Kier alpha value is -1.30. The van der Waals surface area contributed by atoms with Gasteiger partial charge in [0.15, 0.2) is 5.84 Å². The molecule has 0 aliphatic heterocycles. The molecule has 0 bridgehead atoms. The van der Waals surface area contributed by atoms with Gasteiger partial charge in [0.05, 0.1) is 6.61 Å². The summed E-state index contributed by atoms with van der Waals surface area (Å²) in [4.78, 5) is 12.3. The number of nitrogens with zero attached hydrogens (tertiary/aromatic N) is 1. The molecule has 0 unspecified atom stereocenters. The van der Waals surface area contributed by atoms with Gasteiger partial charge >= 0.3 is 0 Å². The Bertz CT molecular complexity index is 337. The summed E-state index contributed by atoms with van der Waals surface area (Å²) in [7, 11) is 0. The predicted molar refractivity (Wildman–Crippen MR) is 77.6 cm³/mol. The Balaban J connectivity index is 2.33. The van der Waals surface area contributed by atoms with E-state index in [2.05, 4.69) is 24.3 Å². The monoisotopic (exact) mass is 285 g/mol. The van der Waals surface area contributed by atoms with Crippen LogP contribution in [-0.2, 0) is 9.53 Å². The van der Waals surface area contributed by atoms with Crippen LogP contribution in [0.4, 0.5) is 0 Å². The quantitative estimate of drug-likeness (QED) is 0.207. The van der Waals surface area contributed by atoms with Crippen molar-refractivity contribution >= 4 is 11.7 Å². The lowest BCUT2D eigenvalue weighted by molar-refractivity contribution is -0.127. The lowest BCUT2D eigenvalue weighted by Crippen LogP contribution is -2.48. The summed E-state index contributed by atoms with van der Waals surface area (Å²) in [5.41, 5.74) is 4.88. The highest BCUT2D eigenvalue weighted by Crippen LogP contribution is 2.38. The number of amidine groups is 1. The standard InChI is InChI=1S/C14H27N3O3/c1-11(2)5-9-20-10-8-16-13(18)14(12(15)17-19)6-3-4-7-14/h11,19H,3-10H2,1-2H3,(H2,15,17)(H,16,18). The molecule has 1 rings (SSSR count). The lowest BCUT2D eigenvalue weighted by atomic mass is 9.84. The topological polar surface area (TPSA) is 96.9 Å². The molecular weight excluding hydrogens is 258 g/mol. The van der Waals surface area contributed by atoms with Crippen LogP contribution >= 0.6 is 0 Å². The Labute approximate surface area is 120 Å². The SMILES string of the molecule is CC(C)CCOCCNC(=O)C1(C(N)=NO)CCCC1. The van der Waals surface area contributed by atoms with Crippen LogP contribution in [0.1, 0.15) is 46.0 Å². The van der Waals surface area contributed by atoms with E-state index in [1.165, 1.54) is 0 Å². The third kappa shape index (κ3) is 4.37. The normalized spacial score (nSPS) is 18.4. The minimum atomic E-state index is -0.827. The van der Waals surface area contributed by atoms with Crippen molar-refractivity contribution in [2.24, 2.45) is 22.2 Å². The molecule has 116 valence electrons. The van der Waals surface area contributed by atoms with Gasteiger partial charge in [0.1, 0.15) is 5.41 Å². The van der Waals surface area contributed by atoms with Gasteiger partial charge in [-0.1, -0.05) is 31.8 Å². The fourth-order valence-corrected chi connectivity index (χ4v) is 2.50. The van der Waals surface area contributed by atoms with E-state index in [9.17, 15) is 4.79 Å². The zero-order chi connectivity index (χ0) is 15.0. The molecule has 0 saturated heterocycles. The largest absolute Gasteiger partial charge is 0.409 e. The molecule has 6 nitrogen and oxygen atoms in total. The van der Waals surface area contributed by atoms with Crippen molar-refractivity contribution < 1.29 is 14.7 Å². The summed E-state index contributed by atoms with van der Waals surface area (Å²) in [6, 6.07) is 0. The molecule has 4 N–H and O–H groups in total. The van der Waals surface area contributed by atoms with Gasteiger partial charge in [0, 0.05) is 13.2 Å². The van der Waals surface area contributed by atoms with E-state index in [0.717, 1.165) is 19.3 Å². The number of ether oxygens (including phenoxy) is 1. The molecule has 1 fully saturated rings. The van der Waals surface area contributed by atoms with Gasteiger partial charge in [-0.05, 0) is 25.2 Å². The first-order valence-electron chi connectivity index (χ1n) is 7.37. The number of oxime groups is 1. The maximum atomic E-state index is 12.3. The van der Waals surface area contributed by atoms with E-state index >= 15 is 0 Å². The zero-order valence-corrected chi connectivity index (χ0v) is 12.5. The van der Waals surface area contributed by atoms with Crippen LogP contribution in [-0.4, -0.2) is 36.7 Å². The van der Waals surface area contributed by atoms with Crippen LogP contribution in [0.3, 0.4) is 0 Å². The van der Waals surface area contributed by atoms with Gasteiger partial charge in [-0.2, -0.15) is 0 Å². The lowest BCUT2D eigenvalue weighted by Gasteiger charge is -2.25. The maximum absolute atomic E-state index is 12.3. The van der Waals surface area contributed by atoms with Crippen molar-refractivity contribution in [1.82, 2.24) is 5.32 Å². The van der Waals surface area contributed by atoms with Gasteiger partial charge in [0.2, 0.25) is 5.91 Å². The second-order valence-corrected chi connectivity index (χ2v) is 5.83. The zero-order valence-electron chi connectivity index (χ0n) is 12.5. The number of rotatable bonds is 8.